The lowest BCUT2D eigenvalue weighted by Gasteiger charge is -2.16. The molecule has 0 aliphatic heterocycles. The number of aryl methyl sites for hydroxylation is 1. The van der Waals surface area contributed by atoms with E-state index in [1.54, 1.807) is 0 Å². The minimum Gasteiger partial charge on any atom is -0.366 e. The molecule has 4 nitrogen and oxygen atoms in total. The second-order valence-electron chi connectivity index (χ2n) is 7.11. The van der Waals surface area contributed by atoms with E-state index in [9.17, 15) is 9.36 Å². The van der Waals surface area contributed by atoms with Crippen LogP contribution in [0.1, 0.15) is 54.0 Å². The smallest absolute Gasteiger partial charge is 0.251 e. The van der Waals surface area contributed by atoms with Gasteiger partial charge in [0, 0.05) is 29.7 Å². The average Bonchev–Trinajstić information content (AvgIpc) is 2.86. The summed E-state index contributed by atoms with van der Waals surface area (Å²) in [5.41, 5.74) is 11.5. The number of primary amides is 1. The number of hydrogen-bond donors (Lipinski definition) is 1. The number of nitrogens with zero attached hydrogens (tertiary/aromatic N) is 1. The van der Waals surface area contributed by atoms with Gasteiger partial charge < -0.3 is 10.3 Å². The van der Waals surface area contributed by atoms with Crippen molar-refractivity contribution in [2.75, 3.05) is 6.16 Å². The molecule has 0 fully saturated rings. The Balaban J connectivity index is 2.69. The maximum atomic E-state index is 12.3. The number of rotatable bonds is 9. The lowest BCUT2D eigenvalue weighted by molar-refractivity contribution is 0.1000. The van der Waals surface area contributed by atoms with Gasteiger partial charge in [-0.15, -0.1) is 0 Å². The van der Waals surface area contributed by atoms with E-state index in [1.807, 2.05) is 13.8 Å². The van der Waals surface area contributed by atoms with Crippen LogP contribution in [0.15, 0.2) is 24.3 Å². The highest BCUT2D eigenvalue weighted by Crippen LogP contribution is 2.35. The van der Waals surface area contributed by atoms with Crippen LogP contribution in [0.2, 0.25) is 0 Å². The zero-order valence-corrected chi connectivity index (χ0v) is 17.1. The van der Waals surface area contributed by atoms with Crippen molar-refractivity contribution in [2.24, 2.45) is 11.7 Å². The van der Waals surface area contributed by atoms with E-state index in [0.29, 0.717) is 24.2 Å². The Bertz CT molecular complexity index is 778. The van der Waals surface area contributed by atoms with Gasteiger partial charge in [-0.1, -0.05) is 56.5 Å². The molecule has 0 bridgehead atoms. The van der Waals surface area contributed by atoms with E-state index in [2.05, 4.69) is 42.7 Å². The highest BCUT2D eigenvalue weighted by molar-refractivity contribution is 7.23. The van der Waals surface area contributed by atoms with Gasteiger partial charge in [-0.2, -0.15) is 0 Å². The first-order valence-electron chi connectivity index (χ1n) is 9.28. The lowest BCUT2D eigenvalue weighted by Crippen LogP contribution is -2.13. The molecule has 2 rings (SSSR count). The van der Waals surface area contributed by atoms with Gasteiger partial charge in [0.05, 0.1) is 5.56 Å². The molecular formula is C21H29N2O2P. The van der Waals surface area contributed by atoms with Crippen molar-refractivity contribution in [1.82, 2.24) is 4.57 Å². The first-order chi connectivity index (χ1) is 12.4. The van der Waals surface area contributed by atoms with Crippen molar-refractivity contribution in [2.45, 2.75) is 53.5 Å². The van der Waals surface area contributed by atoms with E-state index < -0.39 is 5.91 Å². The normalized spacial score (nSPS) is 12.5. The van der Waals surface area contributed by atoms with E-state index in [0.717, 1.165) is 41.8 Å². The predicted octanol–water partition coefficient (Wildman–Crippen LogP) is 5.14. The highest BCUT2D eigenvalue weighted by Gasteiger charge is 2.25. The SMILES string of the molecule is CCCC(C)Cc1c(-c2ccc(C)cc2)c(C(N)=O)c(C)n1CCP=O. The number of amides is 1. The van der Waals surface area contributed by atoms with Crippen LogP contribution in [0.5, 0.6) is 0 Å². The molecule has 2 N–H and O–H groups in total. The Morgan fingerprint density at radius 1 is 1.23 bits per heavy atom. The molecule has 1 atom stereocenters. The number of nitrogens with two attached hydrogens (primary N) is 1. The van der Waals surface area contributed by atoms with Crippen molar-refractivity contribution < 1.29 is 9.36 Å². The number of carbonyl (C=O) groups is 1. The van der Waals surface area contributed by atoms with Crippen LogP contribution in [0.3, 0.4) is 0 Å². The van der Waals surface area contributed by atoms with Gasteiger partial charge >= 0.3 is 0 Å². The summed E-state index contributed by atoms with van der Waals surface area (Å²) in [6.45, 7) is 9.04. The summed E-state index contributed by atoms with van der Waals surface area (Å²) in [5, 5.41) is 0. The Hall–Kier alpha value is -1.93. The van der Waals surface area contributed by atoms with Crippen molar-refractivity contribution in [3.05, 3.63) is 46.8 Å². The number of aromatic nitrogens is 1. The quantitative estimate of drug-likeness (QED) is 0.619. The molecule has 1 amide bonds. The minimum absolute atomic E-state index is 0.114. The van der Waals surface area contributed by atoms with E-state index in [1.165, 1.54) is 5.56 Å². The molecule has 0 saturated heterocycles. The third-order valence-corrected chi connectivity index (χ3v) is 5.34. The van der Waals surface area contributed by atoms with Crippen molar-refractivity contribution >= 4 is 14.4 Å². The standard InChI is InChI=1S/C21H29N2O2P/c1-5-6-15(3)13-18-20(17-9-7-14(2)8-10-17)19(21(22)24)16(4)23(18)11-12-26-25/h7-10,15H,5-6,11-13H2,1-4H3,(H2,22,24). The summed E-state index contributed by atoms with van der Waals surface area (Å²) < 4.78 is 13.2. The van der Waals surface area contributed by atoms with E-state index in [4.69, 9.17) is 5.73 Å². The molecule has 1 heterocycles. The molecule has 0 spiro atoms. The van der Waals surface area contributed by atoms with Gasteiger partial charge in [-0.25, -0.2) is 0 Å². The molecule has 1 unspecified atom stereocenters. The maximum Gasteiger partial charge on any atom is 0.251 e. The monoisotopic (exact) mass is 372 g/mol. The Kier molecular flexibility index (Phi) is 7.16. The molecule has 5 heteroatoms. The zero-order chi connectivity index (χ0) is 19.3. The Labute approximate surface area is 158 Å². The van der Waals surface area contributed by atoms with Crippen LogP contribution < -0.4 is 5.73 Å². The van der Waals surface area contributed by atoms with Gasteiger partial charge in [0.1, 0.15) is 0 Å². The fraction of sp³-hybridized carbons (Fsp3) is 0.476. The molecule has 0 aliphatic rings. The molecule has 1 aromatic heterocycles. The fourth-order valence-corrected chi connectivity index (χ4v) is 3.99. The van der Waals surface area contributed by atoms with Crippen molar-refractivity contribution in [3.8, 4) is 11.1 Å². The summed E-state index contributed by atoms with van der Waals surface area (Å²) in [7, 11) is 0.114. The third-order valence-electron chi connectivity index (χ3n) is 4.96. The molecular weight excluding hydrogens is 343 g/mol. The second-order valence-corrected chi connectivity index (χ2v) is 7.82. The molecule has 0 aliphatic carbocycles. The summed E-state index contributed by atoms with van der Waals surface area (Å²) in [4.78, 5) is 12.3. The highest BCUT2D eigenvalue weighted by atomic mass is 31.1. The van der Waals surface area contributed by atoms with Crippen molar-refractivity contribution in [3.63, 3.8) is 0 Å². The van der Waals surface area contributed by atoms with Crippen LogP contribution in [0.25, 0.3) is 11.1 Å². The van der Waals surface area contributed by atoms with Crippen LogP contribution in [-0.2, 0) is 17.5 Å². The van der Waals surface area contributed by atoms with Crippen molar-refractivity contribution in [1.29, 1.82) is 0 Å². The average molecular weight is 372 g/mol. The Morgan fingerprint density at radius 2 is 1.88 bits per heavy atom. The largest absolute Gasteiger partial charge is 0.366 e. The molecule has 1 aromatic carbocycles. The topological polar surface area (TPSA) is 65.1 Å². The summed E-state index contributed by atoms with van der Waals surface area (Å²) in [6, 6.07) is 8.23. The van der Waals surface area contributed by atoms with Gasteiger partial charge in [0.25, 0.3) is 5.91 Å². The van der Waals surface area contributed by atoms with Crippen LogP contribution in [-0.4, -0.2) is 16.6 Å². The van der Waals surface area contributed by atoms with Gasteiger partial charge in [-0.05, 0) is 31.7 Å². The number of carbonyl (C=O) groups excluding carboxylic acids is 1. The van der Waals surface area contributed by atoms with Gasteiger partial charge in [0.2, 0.25) is 0 Å². The molecule has 0 saturated carbocycles. The lowest BCUT2D eigenvalue weighted by atomic mass is 9.93. The summed E-state index contributed by atoms with van der Waals surface area (Å²) in [6.07, 6.45) is 3.66. The number of benzene rings is 1. The first-order valence-corrected chi connectivity index (χ1v) is 10.3. The number of hydrogen-bond acceptors (Lipinski definition) is 2. The minimum atomic E-state index is -0.402. The van der Waals surface area contributed by atoms with Crippen LogP contribution >= 0.6 is 8.46 Å². The van der Waals surface area contributed by atoms with E-state index >= 15 is 0 Å². The third kappa shape index (κ3) is 4.42. The molecule has 0 radical (unpaired) electrons. The molecule has 140 valence electrons. The second kappa shape index (κ2) is 9.14. The van der Waals surface area contributed by atoms with Gasteiger partial charge in [-0.3, -0.25) is 9.36 Å². The summed E-state index contributed by atoms with van der Waals surface area (Å²) >= 11 is 0. The van der Waals surface area contributed by atoms with Crippen LogP contribution in [0, 0.1) is 19.8 Å². The van der Waals surface area contributed by atoms with Crippen LogP contribution in [0.4, 0.5) is 0 Å². The summed E-state index contributed by atoms with van der Waals surface area (Å²) in [5.74, 6) is 0.101. The Morgan fingerprint density at radius 3 is 2.42 bits per heavy atom. The maximum absolute atomic E-state index is 12.3. The zero-order valence-electron chi connectivity index (χ0n) is 16.2. The first kappa shape index (κ1) is 20.4. The fourth-order valence-electron chi connectivity index (χ4n) is 3.71. The van der Waals surface area contributed by atoms with E-state index in [-0.39, 0.29) is 8.46 Å². The molecule has 2 aromatic rings. The predicted molar refractivity (Wildman–Crippen MR) is 108 cm³/mol. The molecule has 26 heavy (non-hydrogen) atoms. The van der Waals surface area contributed by atoms with Gasteiger partial charge in [0.15, 0.2) is 8.46 Å².